The highest BCUT2D eigenvalue weighted by Gasteiger charge is 2.59. The molecule has 0 bridgehead atoms. The average molecular weight is 764 g/mol. The SMILES string of the molecule is CC(=O)CC[C@H](NC(=O)[C@@H](C)CCC(C)=O)C(=O)CCCC(=O)CCCCC[C@H]1CCC2(C)C(=CC[C@@H]3C2CCC2(C)C3CCC2[C@H](C)CCCC(C)C)C1. The molecule has 55 heavy (non-hydrogen) atoms. The number of hydrogen-bond acceptors (Lipinski definition) is 5. The molecule has 0 aromatic carbocycles. The largest absolute Gasteiger partial charge is 0.346 e. The van der Waals surface area contributed by atoms with Gasteiger partial charge in [0.2, 0.25) is 5.91 Å². The van der Waals surface area contributed by atoms with E-state index in [9.17, 15) is 24.0 Å². The molecule has 1 amide bonds. The van der Waals surface area contributed by atoms with Crippen LogP contribution in [-0.2, 0) is 24.0 Å². The molecule has 4 aliphatic carbocycles. The molecule has 3 fully saturated rings. The van der Waals surface area contributed by atoms with Crippen LogP contribution in [-0.4, -0.2) is 35.1 Å². The topological polar surface area (TPSA) is 97.4 Å². The van der Waals surface area contributed by atoms with Gasteiger partial charge in [-0.2, -0.15) is 0 Å². The Labute approximate surface area is 336 Å². The van der Waals surface area contributed by atoms with E-state index in [4.69, 9.17) is 0 Å². The second kappa shape index (κ2) is 21.1. The Kier molecular flexibility index (Phi) is 17.5. The Morgan fingerprint density at radius 2 is 1.44 bits per heavy atom. The lowest BCUT2D eigenvalue weighted by Crippen LogP contribution is -2.50. The Hall–Kier alpha value is -2.11. The highest BCUT2D eigenvalue weighted by molar-refractivity contribution is 5.90. The Morgan fingerprint density at radius 1 is 0.727 bits per heavy atom. The number of Topliss-reactive ketones (excluding diaryl/α,β-unsaturated/α-hetero) is 4. The monoisotopic (exact) mass is 764 g/mol. The lowest BCUT2D eigenvalue weighted by molar-refractivity contribution is -0.131. The molecule has 4 rings (SSSR count). The molecular weight excluding hydrogens is 683 g/mol. The first-order valence-corrected chi connectivity index (χ1v) is 23.1. The second-order valence-electron chi connectivity index (χ2n) is 20.3. The molecule has 0 radical (unpaired) electrons. The predicted octanol–water partition coefficient (Wildman–Crippen LogP) is 11.8. The van der Waals surface area contributed by atoms with Gasteiger partial charge >= 0.3 is 0 Å². The summed E-state index contributed by atoms with van der Waals surface area (Å²) in [5, 5.41) is 2.82. The summed E-state index contributed by atoms with van der Waals surface area (Å²) in [5.74, 6) is 5.50. The first-order valence-electron chi connectivity index (χ1n) is 23.1. The van der Waals surface area contributed by atoms with Crippen LogP contribution in [0.5, 0.6) is 0 Å². The van der Waals surface area contributed by atoms with Crippen LogP contribution in [0.2, 0.25) is 0 Å². The first-order chi connectivity index (χ1) is 26.0. The molecular formula is C49H81NO5. The van der Waals surface area contributed by atoms with Gasteiger partial charge in [0.25, 0.3) is 0 Å². The normalized spacial score (nSPS) is 30.3. The van der Waals surface area contributed by atoms with E-state index in [1.807, 2.05) is 0 Å². The van der Waals surface area contributed by atoms with Crippen molar-refractivity contribution in [1.82, 2.24) is 5.32 Å². The van der Waals surface area contributed by atoms with E-state index in [1.54, 1.807) is 12.5 Å². The van der Waals surface area contributed by atoms with Gasteiger partial charge in [0.05, 0.1) is 6.04 Å². The quantitative estimate of drug-likeness (QED) is 0.0780. The van der Waals surface area contributed by atoms with Crippen LogP contribution in [0.25, 0.3) is 0 Å². The highest BCUT2D eigenvalue weighted by atomic mass is 16.2. The van der Waals surface area contributed by atoms with Crippen molar-refractivity contribution in [3.63, 3.8) is 0 Å². The number of allylic oxidation sites excluding steroid dienone is 2. The zero-order chi connectivity index (χ0) is 40.3. The zero-order valence-electron chi connectivity index (χ0n) is 36.6. The van der Waals surface area contributed by atoms with E-state index in [0.717, 1.165) is 54.3 Å². The van der Waals surface area contributed by atoms with Gasteiger partial charge < -0.3 is 14.9 Å². The van der Waals surface area contributed by atoms with Crippen LogP contribution < -0.4 is 5.32 Å². The fraction of sp³-hybridized carbons (Fsp3) is 0.857. The Bertz CT molecular complexity index is 1350. The third-order valence-electron chi connectivity index (χ3n) is 15.7. The minimum atomic E-state index is -0.730. The van der Waals surface area contributed by atoms with Gasteiger partial charge in [-0.05, 0) is 143 Å². The minimum Gasteiger partial charge on any atom is -0.346 e. The van der Waals surface area contributed by atoms with Crippen molar-refractivity contribution in [2.24, 2.45) is 58.2 Å². The van der Waals surface area contributed by atoms with Gasteiger partial charge in [-0.25, -0.2) is 0 Å². The smallest absolute Gasteiger partial charge is 0.223 e. The molecule has 0 aromatic rings. The number of amides is 1. The lowest BCUT2D eigenvalue weighted by Gasteiger charge is -2.58. The molecule has 0 heterocycles. The van der Waals surface area contributed by atoms with Crippen molar-refractivity contribution in [3.8, 4) is 0 Å². The Morgan fingerprint density at radius 3 is 2.15 bits per heavy atom. The van der Waals surface area contributed by atoms with Crippen molar-refractivity contribution < 1.29 is 24.0 Å². The van der Waals surface area contributed by atoms with Crippen LogP contribution in [0.1, 0.15) is 203 Å². The van der Waals surface area contributed by atoms with Gasteiger partial charge in [-0.3, -0.25) is 14.4 Å². The third kappa shape index (κ3) is 12.4. The number of carbonyl (C=O) groups is 5. The van der Waals surface area contributed by atoms with Crippen molar-refractivity contribution in [2.45, 2.75) is 209 Å². The van der Waals surface area contributed by atoms with Crippen molar-refractivity contribution >= 4 is 29.0 Å². The summed E-state index contributed by atoms with van der Waals surface area (Å²) in [5.41, 5.74) is 2.75. The van der Waals surface area contributed by atoms with E-state index in [0.29, 0.717) is 42.9 Å². The van der Waals surface area contributed by atoms with Crippen LogP contribution in [0, 0.1) is 58.2 Å². The second-order valence-corrected chi connectivity index (χ2v) is 20.3. The van der Waals surface area contributed by atoms with E-state index in [1.165, 1.54) is 97.3 Å². The molecule has 3 saturated carbocycles. The first kappa shape index (κ1) is 45.6. The van der Waals surface area contributed by atoms with Gasteiger partial charge in [0.15, 0.2) is 5.78 Å². The van der Waals surface area contributed by atoms with Crippen molar-refractivity contribution in [3.05, 3.63) is 11.6 Å². The summed E-state index contributed by atoms with van der Waals surface area (Å²) >= 11 is 0. The van der Waals surface area contributed by atoms with Crippen molar-refractivity contribution in [2.75, 3.05) is 0 Å². The maximum absolute atomic E-state index is 13.0. The highest BCUT2D eigenvalue weighted by Crippen LogP contribution is 2.67. The summed E-state index contributed by atoms with van der Waals surface area (Å²) in [6.07, 6.45) is 25.4. The molecule has 0 saturated heterocycles. The summed E-state index contributed by atoms with van der Waals surface area (Å²) in [4.78, 5) is 61.4. The summed E-state index contributed by atoms with van der Waals surface area (Å²) < 4.78 is 0. The number of rotatable bonds is 24. The maximum atomic E-state index is 13.0. The molecule has 6 nitrogen and oxygen atoms in total. The Balaban J connectivity index is 1.15. The molecule has 1 N–H and O–H groups in total. The van der Waals surface area contributed by atoms with Crippen molar-refractivity contribution in [1.29, 1.82) is 0 Å². The molecule has 0 spiro atoms. The van der Waals surface area contributed by atoms with E-state index >= 15 is 0 Å². The van der Waals surface area contributed by atoms with Gasteiger partial charge in [-0.15, -0.1) is 0 Å². The fourth-order valence-corrected chi connectivity index (χ4v) is 12.2. The molecule has 0 aliphatic heterocycles. The van der Waals surface area contributed by atoms with Gasteiger partial charge in [-0.1, -0.05) is 91.7 Å². The molecule has 10 atom stereocenters. The standard InChI is InChI=1S/C49H81NO5/c1-33(2)14-12-15-34(3)42-25-26-43-41-24-23-39-32-38(28-30-48(39,7)44(41)29-31-49(42,43)8)16-10-9-11-17-40(53)18-13-19-46(54)45(27-22-37(6)52)50-47(55)35(4)20-21-36(5)51/h23,33-35,38,41-45H,9-22,24-32H2,1-8H3,(H,50,55)/t34-,35+,38+,41+,42?,43?,44?,45+,48?,49?/m1/s1. The predicted molar refractivity (Wildman–Crippen MR) is 224 cm³/mol. The maximum Gasteiger partial charge on any atom is 0.223 e. The third-order valence-corrected chi connectivity index (χ3v) is 15.7. The van der Waals surface area contributed by atoms with Gasteiger partial charge in [0.1, 0.15) is 17.3 Å². The molecule has 5 unspecified atom stereocenters. The molecule has 312 valence electrons. The van der Waals surface area contributed by atoms with Crippen LogP contribution in [0.3, 0.4) is 0 Å². The van der Waals surface area contributed by atoms with E-state index in [-0.39, 0.29) is 54.2 Å². The molecule has 4 aliphatic rings. The number of hydrogen-bond donors (Lipinski definition) is 1. The lowest BCUT2D eigenvalue weighted by atomic mass is 9.46. The van der Waals surface area contributed by atoms with Crippen LogP contribution >= 0.6 is 0 Å². The number of ketones is 4. The van der Waals surface area contributed by atoms with Crippen LogP contribution in [0.4, 0.5) is 0 Å². The molecule has 0 aromatic heterocycles. The van der Waals surface area contributed by atoms with Gasteiger partial charge in [0, 0.05) is 38.0 Å². The summed E-state index contributed by atoms with van der Waals surface area (Å²) in [6, 6.07) is -0.730. The minimum absolute atomic E-state index is 0.0281. The number of carbonyl (C=O) groups excluding carboxylic acids is 5. The zero-order valence-corrected chi connectivity index (χ0v) is 36.6. The number of nitrogens with one attached hydrogen (secondary N) is 1. The summed E-state index contributed by atoms with van der Waals surface area (Å²) in [7, 11) is 0. The van der Waals surface area contributed by atoms with Crippen LogP contribution in [0.15, 0.2) is 11.6 Å². The van der Waals surface area contributed by atoms with E-state index < -0.39 is 6.04 Å². The number of unbranched alkanes of at least 4 members (excludes halogenated alkanes) is 2. The average Bonchev–Trinajstić information content (AvgIpc) is 3.49. The van der Waals surface area contributed by atoms with E-state index in [2.05, 4.69) is 46.0 Å². The molecule has 6 heteroatoms. The number of fused-ring (bicyclic) bond motifs is 5. The fourth-order valence-electron chi connectivity index (χ4n) is 12.2. The summed E-state index contributed by atoms with van der Waals surface area (Å²) in [6.45, 7) is 17.4.